The lowest BCUT2D eigenvalue weighted by Gasteiger charge is -2.09. The summed E-state index contributed by atoms with van der Waals surface area (Å²) in [6.45, 7) is 1.82. The minimum Gasteiger partial charge on any atom is -0.321 e. The Morgan fingerprint density at radius 3 is 2.62 bits per heavy atom. The van der Waals surface area contributed by atoms with Crippen molar-refractivity contribution in [2.24, 2.45) is 0 Å². The number of aryl methyl sites for hydroxylation is 1. The molecular formula is C14H10BrClN2O3. The number of nitro groups is 1. The third-order valence-corrected chi connectivity index (χ3v) is 3.66. The van der Waals surface area contributed by atoms with Crippen molar-refractivity contribution in [3.8, 4) is 0 Å². The van der Waals surface area contributed by atoms with E-state index in [9.17, 15) is 14.9 Å². The van der Waals surface area contributed by atoms with Crippen molar-refractivity contribution in [1.82, 2.24) is 0 Å². The van der Waals surface area contributed by atoms with Gasteiger partial charge in [-0.1, -0.05) is 33.6 Å². The lowest BCUT2D eigenvalue weighted by molar-refractivity contribution is -0.384. The van der Waals surface area contributed by atoms with E-state index in [0.717, 1.165) is 10.0 Å². The number of rotatable bonds is 3. The highest BCUT2D eigenvalue weighted by Crippen LogP contribution is 2.27. The number of amides is 1. The Morgan fingerprint density at radius 1 is 1.29 bits per heavy atom. The molecule has 2 aromatic rings. The second-order valence-electron chi connectivity index (χ2n) is 4.33. The van der Waals surface area contributed by atoms with Gasteiger partial charge in [0.1, 0.15) is 0 Å². The van der Waals surface area contributed by atoms with E-state index in [-0.39, 0.29) is 16.6 Å². The molecule has 0 fully saturated rings. The summed E-state index contributed by atoms with van der Waals surface area (Å²) in [6, 6.07) is 9.25. The first-order valence-corrected chi connectivity index (χ1v) is 7.07. The molecule has 0 saturated carbocycles. The van der Waals surface area contributed by atoms with Gasteiger partial charge < -0.3 is 5.32 Å². The van der Waals surface area contributed by atoms with E-state index in [0.29, 0.717) is 11.3 Å². The lowest BCUT2D eigenvalue weighted by Crippen LogP contribution is -2.13. The average molecular weight is 370 g/mol. The van der Waals surface area contributed by atoms with Crippen molar-refractivity contribution in [1.29, 1.82) is 0 Å². The zero-order valence-electron chi connectivity index (χ0n) is 10.9. The van der Waals surface area contributed by atoms with Gasteiger partial charge >= 0.3 is 0 Å². The van der Waals surface area contributed by atoms with Gasteiger partial charge in [-0.05, 0) is 30.7 Å². The molecule has 21 heavy (non-hydrogen) atoms. The zero-order chi connectivity index (χ0) is 15.6. The van der Waals surface area contributed by atoms with Crippen molar-refractivity contribution in [2.45, 2.75) is 6.92 Å². The van der Waals surface area contributed by atoms with Crippen LogP contribution in [0.15, 0.2) is 40.9 Å². The number of carbonyl (C=O) groups is 1. The fraction of sp³-hybridized carbons (Fsp3) is 0.0714. The van der Waals surface area contributed by atoms with E-state index in [1.165, 1.54) is 18.2 Å². The van der Waals surface area contributed by atoms with Gasteiger partial charge in [-0.2, -0.15) is 0 Å². The highest BCUT2D eigenvalue weighted by Gasteiger charge is 2.14. The summed E-state index contributed by atoms with van der Waals surface area (Å²) in [5.74, 6) is -0.329. The van der Waals surface area contributed by atoms with Crippen molar-refractivity contribution in [3.63, 3.8) is 0 Å². The highest BCUT2D eigenvalue weighted by atomic mass is 79.9. The van der Waals surface area contributed by atoms with E-state index in [1.807, 2.05) is 19.1 Å². The summed E-state index contributed by atoms with van der Waals surface area (Å²) in [4.78, 5) is 22.3. The van der Waals surface area contributed by atoms with E-state index >= 15 is 0 Å². The Labute approximate surface area is 134 Å². The predicted molar refractivity (Wildman–Crippen MR) is 84.9 cm³/mol. The minimum absolute atomic E-state index is 0.116. The third-order valence-electron chi connectivity index (χ3n) is 2.86. The van der Waals surface area contributed by atoms with Crippen molar-refractivity contribution < 1.29 is 9.72 Å². The highest BCUT2D eigenvalue weighted by molar-refractivity contribution is 9.10. The molecule has 0 radical (unpaired) electrons. The van der Waals surface area contributed by atoms with Gasteiger partial charge in [0.2, 0.25) is 0 Å². The number of nitro benzene ring substituents is 1. The standard InChI is InChI=1S/C14H10BrClN2O3/c1-8-2-3-9(15)6-11(8)14(19)17-13-5-4-10(18(20)21)7-12(13)16/h2-7H,1H3,(H,17,19). The fourth-order valence-corrected chi connectivity index (χ4v) is 2.33. The molecule has 0 aliphatic heterocycles. The van der Waals surface area contributed by atoms with Gasteiger partial charge in [0.25, 0.3) is 11.6 Å². The molecule has 5 nitrogen and oxygen atoms in total. The molecule has 2 rings (SSSR count). The normalized spacial score (nSPS) is 10.2. The van der Waals surface area contributed by atoms with Gasteiger partial charge in [-0.25, -0.2) is 0 Å². The molecule has 0 unspecified atom stereocenters. The predicted octanol–water partition coefficient (Wildman–Crippen LogP) is 4.57. The van der Waals surface area contributed by atoms with Crippen molar-refractivity contribution in [3.05, 3.63) is 67.1 Å². The zero-order valence-corrected chi connectivity index (χ0v) is 13.2. The molecule has 0 bridgehead atoms. The van der Waals surface area contributed by atoms with Crippen LogP contribution in [0, 0.1) is 17.0 Å². The van der Waals surface area contributed by atoms with Crippen LogP contribution in [-0.4, -0.2) is 10.8 Å². The molecule has 0 aliphatic rings. The maximum absolute atomic E-state index is 12.2. The summed E-state index contributed by atoms with van der Waals surface area (Å²) < 4.78 is 0.785. The first-order chi connectivity index (χ1) is 9.88. The summed E-state index contributed by atoms with van der Waals surface area (Å²) in [6.07, 6.45) is 0. The summed E-state index contributed by atoms with van der Waals surface area (Å²) in [5.41, 5.74) is 1.51. The van der Waals surface area contributed by atoms with Gasteiger partial charge in [0.05, 0.1) is 15.6 Å². The van der Waals surface area contributed by atoms with Crippen LogP contribution in [0.3, 0.4) is 0 Å². The first-order valence-electron chi connectivity index (χ1n) is 5.90. The van der Waals surface area contributed by atoms with Crippen LogP contribution >= 0.6 is 27.5 Å². The number of nitrogens with zero attached hydrogens (tertiary/aromatic N) is 1. The number of hydrogen-bond acceptors (Lipinski definition) is 3. The number of carbonyl (C=O) groups excluding carboxylic acids is 1. The van der Waals surface area contributed by atoms with Gasteiger partial charge in [-0.3, -0.25) is 14.9 Å². The monoisotopic (exact) mass is 368 g/mol. The van der Waals surface area contributed by atoms with Crippen LogP contribution in [0.2, 0.25) is 5.02 Å². The SMILES string of the molecule is Cc1ccc(Br)cc1C(=O)Nc1ccc([N+](=O)[O-])cc1Cl. The van der Waals surface area contributed by atoms with Crippen LogP contribution < -0.4 is 5.32 Å². The average Bonchev–Trinajstić information content (AvgIpc) is 2.43. The summed E-state index contributed by atoms with van der Waals surface area (Å²) >= 11 is 9.26. The smallest absolute Gasteiger partial charge is 0.271 e. The van der Waals surface area contributed by atoms with Crippen molar-refractivity contribution in [2.75, 3.05) is 5.32 Å². The first kappa shape index (κ1) is 15.5. The van der Waals surface area contributed by atoms with E-state index < -0.39 is 4.92 Å². The molecule has 0 aliphatic carbocycles. The molecule has 0 heterocycles. The number of benzene rings is 2. The molecule has 108 valence electrons. The lowest BCUT2D eigenvalue weighted by atomic mass is 10.1. The Kier molecular flexibility index (Phi) is 4.59. The number of nitrogens with one attached hydrogen (secondary N) is 1. The van der Waals surface area contributed by atoms with Crippen LogP contribution in [0.25, 0.3) is 0 Å². The maximum atomic E-state index is 12.2. The van der Waals surface area contributed by atoms with E-state index in [4.69, 9.17) is 11.6 Å². The molecule has 0 saturated heterocycles. The van der Waals surface area contributed by atoms with Crippen LogP contribution in [0.4, 0.5) is 11.4 Å². The molecule has 7 heteroatoms. The van der Waals surface area contributed by atoms with Crippen molar-refractivity contribution >= 4 is 44.8 Å². The van der Waals surface area contributed by atoms with Crippen LogP contribution in [0.5, 0.6) is 0 Å². The largest absolute Gasteiger partial charge is 0.321 e. The Hall–Kier alpha value is -1.92. The number of non-ortho nitro benzene ring substituents is 1. The topological polar surface area (TPSA) is 72.2 Å². The Morgan fingerprint density at radius 2 is 2.00 bits per heavy atom. The second kappa shape index (κ2) is 6.24. The molecule has 0 atom stereocenters. The number of hydrogen-bond donors (Lipinski definition) is 1. The van der Waals surface area contributed by atoms with Crippen LogP contribution in [-0.2, 0) is 0 Å². The second-order valence-corrected chi connectivity index (χ2v) is 5.66. The van der Waals surface area contributed by atoms with Gasteiger partial charge in [0.15, 0.2) is 0 Å². The molecular weight excluding hydrogens is 360 g/mol. The third kappa shape index (κ3) is 3.59. The quantitative estimate of drug-likeness (QED) is 0.636. The molecule has 1 amide bonds. The summed E-state index contributed by atoms with van der Waals surface area (Å²) in [7, 11) is 0. The Bertz CT molecular complexity index is 734. The molecule has 0 aromatic heterocycles. The molecule has 0 spiro atoms. The van der Waals surface area contributed by atoms with E-state index in [1.54, 1.807) is 6.07 Å². The van der Waals surface area contributed by atoms with Gasteiger partial charge in [0, 0.05) is 22.2 Å². The maximum Gasteiger partial charge on any atom is 0.271 e. The number of halogens is 2. The number of anilines is 1. The summed E-state index contributed by atoms with van der Waals surface area (Å²) in [5, 5.41) is 13.4. The van der Waals surface area contributed by atoms with E-state index in [2.05, 4.69) is 21.2 Å². The molecule has 1 N–H and O–H groups in total. The van der Waals surface area contributed by atoms with Gasteiger partial charge in [-0.15, -0.1) is 0 Å². The molecule has 2 aromatic carbocycles. The van der Waals surface area contributed by atoms with Crippen LogP contribution in [0.1, 0.15) is 15.9 Å². The Balaban J connectivity index is 2.27. The minimum atomic E-state index is -0.546. The fourth-order valence-electron chi connectivity index (χ4n) is 1.75.